The molecule has 0 aromatic rings. The summed E-state index contributed by atoms with van der Waals surface area (Å²) in [6, 6.07) is 0. The predicted molar refractivity (Wildman–Crippen MR) is 94.1 cm³/mol. The molecule has 1 rings (SSSR count). The average molecular weight is 314 g/mol. The molecule has 0 saturated carbocycles. The van der Waals surface area contributed by atoms with Crippen LogP contribution in [0.2, 0.25) is 0 Å². The Morgan fingerprint density at radius 1 is 0.864 bits per heavy atom. The monoisotopic (exact) mass is 313 g/mol. The molecule has 0 amide bonds. The minimum absolute atomic E-state index is 0.141. The van der Waals surface area contributed by atoms with Crippen LogP contribution in [0.1, 0.15) is 90.9 Å². The second-order valence-corrected chi connectivity index (χ2v) is 7.29. The molecule has 1 aliphatic rings. The molecular formula is C19H39NO2. The van der Waals surface area contributed by atoms with E-state index in [1.165, 1.54) is 77.0 Å². The maximum atomic E-state index is 9.47. The van der Waals surface area contributed by atoms with Crippen LogP contribution >= 0.6 is 0 Å². The first kappa shape index (κ1) is 19.9. The number of hydrogen-bond donors (Lipinski definition) is 1. The molecule has 22 heavy (non-hydrogen) atoms. The Morgan fingerprint density at radius 3 is 1.86 bits per heavy atom. The van der Waals surface area contributed by atoms with E-state index in [1.807, 2.05) is 0 Å². The van der Waals surface area contributed by atoms with Crippen LogP contribution in [0, 0.1) is 0 Å². The molecule has 1 aliphatic heterocycles. The van der Waals surface area contributed by atoms with E-state index >= 15 is 0 Å². The summed E-state index contributed by atoms with van der Waals surface area (Å²) >= 11 is 0. The van der Waals surface area contributed by atoms with Gasteiger partial charge in [0, 0.05) is 6.54 Å². The molecule has 0 aliphatic carbocycles. The Balaban J connectivity index is 1.84. The molecule has 1 unspecified atom stereocenters. The number of aliphatic hydroxyl groups excluding tert-OH is 1. The van der Waals surface area contributed by atoms with Gasteiger partial charge in [0.15, 0.2) is 0 Å². The van der Waals surface area contributed by atoms with Crippen LogP contribution in [0.25, 0.3) is 0 Å². The number of rotatable bonds is 14. The van der Waals surface area contributed by atoms with Crippen molar-refractivity contribution in [3.8, 4) is 0 Å². The van der Waals surface area contributed by atoms with E-state index in [4.69, 9.17) is 4.74 Å². The fourth-order valence-electron chi connectivity index (χ4n) is 3.25. The molecule has 1 saturated heterocycles. The summed E-state index contributed by atoms with van der Waals surface area (Å²) in [5, 5.41) is 9.47. The van der Waals surface area contributed by atoms with Crippen LogP contribution in [-0.2, 0) is 4.74 Å². The van der Waals surface area contributed by atoms with Crippen molar-refractivity contribution >= 4 is 0 Å². The number of aliphatic hydroxyl groups is 1. The SMILES string of the molecule is CCCCCCCCCCCCCCN1COCC1(C)CO. The van der Waals surface area contributed by atoms with Crippen molar-refractivity contribution in [1.29, 1.82) is 0 Å². The number of nitrogens with zero attached hydrogens (tertiary/aromatic N) is 1. The topological polar surface area (TPSA) is 32.7 Å². The molecule has 3 heteroatoms. The molecule has 0 spiro atoms. The lowest BCUT2D eigenvalue weighted by Crippen LogP contribution is -2.46. The Kier molecular flexibility index (Phi) is 11.2. The maximum absolute atomic E-state index is 9.47. The van der Waals surface area contributed by atoms with Gasteiger partial charge in [-0.3, -0.25) is 4.90 Å². The van der Waals surface area contributed by atoms with Crippen molar-refractivity contribution in [1.82, 2.24) is 4.90 Å². The predicted octanol–water partition coefficient (Wildman–Crippen LogP) is 4.73. The second kappa shape index (κ2) is 12.3. The van der Waals surface area contributed by atoms with Crippen molar-refractivity contribution in [3.05, 3.63) is 0 Å². The Labute approximate surface area is 138 Å². The van der Waals surface area contributed by atoms with E-state index in [-0.39, 0.29) is 12.1 Å². The summed E-state index contributed by atoms with van der Waals surface area (Å²) in [4.78, 5) is 2.29. The standard InChI is InChI=1S/C19H39NO2/c1-3-4-5-6-7-8-9-10-11-12-13-14-15-20-18-22-17-19(20,2)16-21/h21H,3-18H2,1-2H3. The summed E-state index contributed by atoms with van der Waals surface area (Å²) in [5.41, 5.74) is -0.141. The van der Waals surface area contributed by atoms with Gasteiger partial charge in [0.1, 0.15) is 0 Å². The molecule has 3 nitrogen and oxygen atoms in total. The zero-order valence-corrected chi connectivity index (χ0v) is 15.1. The van der Waals surface area contributed by atoms with E-state index in [2.05, 4.69) is 18.7 Å². The van der Waals surface area contributed by atoms with Gasteiger partial charge in [-0.1, -0.05) is 77.6 Å². The first-order valence-electron chi connectivity index (χ1n) is 9.66. The zero-order chi connectivity index (χ0) is 16.1. The highest BCUT2D eigenvalue weighted by molar-refractivity contribution is 4.88. The van der Waals surface area contributed by atoms with Crippen LogP contribution in [-0.4, -0.2) is 42.0 Å². The number of ether oxygens (including phenoxy) is 1. The van der Waals surface area contributed by atoms with Crippen LogP contribution in [0.3, 0.4) is 0 Å². The molecule has 1 atom stereocenters. The van der Waals surface area contributed by atoms with Gasteiger partial charge in [0.2, 0.25) is 0 Å². The average Bonchev–Trinajstić information content (AvgIpc) is 2.90. The smallest absolute Gasteiger partial charge is 0.0997 e. The van der Waals surface area contributed by atoms with Gasteiger partial charge in [-0.2, -0.15) is 0 Å². The molecule has 0 bridgehead atoms. The lowest BCUT2D eigenvalue weighted by atomic mass is 10.0. The van der Waals surface area contributed by atoms with Crippen molar-refractivity contribution < 1.29 is 9.84 Å². The first-order chi connectivity index (χ1) is 10.7. The van der Waals surface area contributed by atoms with Crippen molar-refractivity contribution in [3.63, 3.8) is 0 Å². The van der Waals surface area contributed by atoms with Gasteiger partial charge in [-0.25, -0.2) is 0 Å². The molecule has 0 aromatic carbocycles. The van der Waals surface area contributed by atoms with Crippen molar-refractivity contribution in [2.24, 2.45) is 0 Å². The fraction of sp³-hybridized carbons (Fsp3) is 1.00. The lowest BCUT2D eigenvalue weighted by Gasteiger charge is -2.30. The van der Waals surface area contributed by atoms with Gasteiger partial charge in [0.25, 0.3) is 0 Å². The third-order valence-electron chi connectivity index (χ3n) is 5.05. The van der Waals surface area contributed by atoms with Crippen LogP contribution in [0.5, 0.6) is 0 Å². The second-order valence-electron chi connectivity index (χ2n) is 7.29. The highest BCUT2D eigenvalue weighted by atomic mass is 16.5. The van der Waals surface area contributed by atoms with Crippen molar-refractivity contribution in [2.75, 3.05) is 26.5 Å². The summed E-state index contributed by atoms with van der Waals surface area (Å²) in [7, 11) is 0. The van der Waals surface area contributed by atoms with E-state index in [1.54, 1.807) is 0 Å². The quantitative estimate of drug-likeness (QED) is 0.471. The van der Waals surface area contributed by atoms with Crippen LogP contribution in [0.4, 0.5) is 0 Å². The molecule has 0 radical (unpaired) electrons. The Hall–Kier alpha value is -0.120. The van der Waals surface area contributed by atoms with Crippen molar-refractivity contribution in [2.45, 2.75) is 96.4 Å². The lowest BCUT2D eigenvalue weighted by molar-refractivity contribution is 0.0834. The molecule has 1 heterocycles. The zero-order valence-electron chi connectivity index (χ0n) is 15.1. The fourth-order valence-corrected chi connectivity index (χ4v) is 3.25. The molecule has 132 valence electrons. The first-order valence-corrected chi connectivity index (χ1v) is 9.66. The normalized spacial score (nSPS) is 22.5. The third-order valence-corrected chi connectivity index (χ3v) is 5.05. The van der Waals surface area contributed by atoms with Crippen LogP contribution < -0.4 is 0 Å². The van der Waals surface area contributed by atoms with Gasteiger partial charge in [0.05, 0.1) is 25.5 Å². The highest BCUT2D eigenvalue weighted by Gasteiger charge is 2.36. The van der Waals surface area contributed by atoms with E-state index in [9.17, 15) is 5.11 Å². The third kappa shape index (κ3) is 7.94. The summed E-state index contributed by atoms with van der Waals surface area (Å²) < 4.78 is 5.49. The van der Waals surface area contributed by atoms with E-state index < -0.39 is 0 Å². The Bertz CT molecular complexity index is 260. The largest absolute Gasteiger partial charge is 0.394 e. The number of unbranched alkanes of at least 4 members (excludes halogenated alkanes) is 11. The van der Waals surface area contributed by atoms with Gasteiger partial charge < -0.3 is 9.84 Å². The summed E-state index contributed by atoms with van der Waals surface area (Å²) in [5.74, 6) is 0. The maximum Gasteiger partial charge on any atom is 0.0997 e. The Morgan fingerprint density at radius 2 is 1.36 bits per heavy atom. The van der Waals surface area contributed by atoms with E-state index in [0.717, 1.165) is 6.54 Å². The molecule has 0 aromatic heterocycles. The molecule has 1 fully saturated rings. The van der Waals surface area contributed by atoms with Gasteiger partial charge in [-0.15, -0.1) is 0 Å². The molecule has 1 N–H and O–H groups in total. The summed E-state index contributed by atoms with van der Waals surface area (Å²) in [6.07, 6.45) is 16.6. The van der Waals surface area contributed by atoms with Gasteiger partial charge in [-0.05, 0) is 13.3 Å². The number of hydrogen-bond acceptors (Lipinski definition) is 3. The highest BCUT2D eigenvalue weighted by Crippen LogP contribution is 2.22. The van der Waals surface area contributed by atoms with Crippen LogP contribution in [0.15, 0.2) is 0 Å². The molecular weight excluding hydrogens is 274 g/mol. The minimum atomic E-state index is -0.141. The van der Waals surface area contributed by atoms with E-state index in [0.29, 0.717) is 13.3 Å². The summed E-state index contributed by atoms with van der Waals surface area (Å²) in [6.45, 7) is 7.00. The minimum Gasteiger partial charge on any atom is -0.394 e. The van der Waals surface area contributed by atoms with Gasteiger partial charge >= 0.3 is 0 Å².